The average molecular weight is 416 g/mol. The van der Waals surface area contributed by atoms with Gasteiger partial charge in [0.25, 0.3) is 0 Å². The molecule has 0 N–H and O–H groups in total. The highest BCUT2D eigenvalue weighted by molar-refractivity contribution is 5.93. The highest BCUT2D eigenvalue weighted by atomic mass is 16.5. The van der Waals surface area contributed by atoms with Gasteiger partial charge >= 0.3 is 11.6 Å². The fraction of sp³-hybridized carbons (Fsp3) is 0.120. The van der Waals surface area contributed by atoms with Crippen molar-refractivity contribution in [3.8, 4) is 28.4 Å². The van der Waals surface area contributed by atoms with Crippen LogP contribution in [0.4, 0.5) is 0 Å². The zero-order valence-electron chi connectivity index (χ0n) is 17.3. The Kier molecular flexibility index (Phi) is 5.45. The molecule has 0 unspecified atom stereocenters. The largest absolute Gasteiger partial charge is 0.497 e. The first-order valence-corrected chi connectivity index (χ1v) is 9.58. The number of methoxy groups -OCH3 is 2. The van der Waals surface area contributed by atoms with E-state index >= 15 is 0 Å². The molecule has 0 saturated heterocycles. The molecule has 0 aliphatic rings. The molecule has 4 aromatic rings. The minimum absolute atomic E-state index is 0.345. The van der Waals surface area contributed by atoms with Crippen LogP contribution in [0.15, 0.2) is 75.9 Å². The van der Waals surface area contributed by atoms with Crippen molar-refractivity contribution in [1.82, 2.24) is 0 Å². The maximum absolute atomic E-state index is 12.6. The Hall–Kier alpha value is -4.06. The lowest BCUT2D eigenvalue weighted by Crippen LogP contribution is -2.09. The van der Waals surface area contributed by atoms with E-state index in [1.165, 1.54) is 7.11 Å². The lowest BCUT2D eigenvalue weighted by Gasteiger charge is -2.10. The topological polar surface area (TPSA) is 75.0 Å². The van der Waals surface area contributed by atoms with Crippen LogP contribution in [-0.2, 0) is 0 Å². The molecule has 0 bridgehead atoms. The summed E-state index contributed by atoms with van der Waals surface area (Å²) < 4.78 is 21.4. The number of benzene rings is 3. The van der Waals surface area contributed by atoms with Crippen LogP contribution in [0.3, 0.4) is 0 Å². The van der Waals surface area contributed by atoms with Gasteiger partial charge in [-0.05, 0) is 66.6 Å². The Labute approximate surface area is 178 Å². The van der Waals surface area contributed by atoms with Gasteiger partial charge in [-0.1, -0.05) is 18.2 Å². The molecule has 0 fully saturated rings. The molecule has 0 spiro atoms. The van der Waals surface area contributed by atoms with Gasteiger partial charge in [-0.3, -0.25) is 0 Å². The Morgan fingerprint density at radius 2 is 1.55 bits per heavy atom. The van der Waals surface area contributed by atoms with Crippen LogP contribution >= 0.6 is 0 Å². The molecule has 156 valence electrons. The monoisotopic (exact) mass is 416 g/mol. The Morgan fingerprint density at radius 3 is 2.26 bits per heavy atom. The predicted molar refractivity (Wildman–Crippen MR) is 117 cm³/mol. The highest BCUT2D eigenvalue weighted by Gasteiger charge is 2.16. The van der Waals surface area contributed by atoms with Gasteiger partial charge in [0.1, 0.15) is 22.8 Å². The first-order chi connectivity index (χ1) is 15.0. The maximum Gasteiger partial charge on any atom is 0.344 e. The van der Waals surface area contributed by atoms with Crippen molar-refractivity contribution < 1.29 is 23.4 Å². The van der Waals surface area contributed by atoms with Gasteiger partial charge in [0.2, 0.25) is 0 Å². The second-order valence-corrected chi connectivity index (χ2v) is 6.90. The fourth-order valence-electron chi connectivity index (χ4n) is 3.40. The van der Waals surface area contributed by atoms with E-state index in [2.05, 4.69) is 0 Å². The normalized spacial score (nSPS) is 10.7. The summed E-state index contributed by atoms with van der Waals surface area (Å²) in [6.07, 6.45) is 0. The van der Waals surface area contributed by atoms with Gasteiger partial charge in [0.15, 0.2) is 0 Å². The molecule has 0 atom stereocenters. The summed E-state index contributed by atoms with van der Waals surface area (Å²) in [5.41, 5.74) is 2.25. The van der Waals surface area contributed by atoms with Gasteiger partial charge in [-0.15, -0.1) is 0 Å². The van der Waals surface area contributed by atoms with Crippen molar-refractivity contribution in [3.63, 3.8) is 0 Å². The number of hydrogen-bond donors (Lipinski definition) is 0. The fourth-order valence-corrected chi connectivity index (χ4v) is 3.40. The van der Waals surface area contributed by atoms with E-state index in [1.54, 1.807) is 73.8 Å². The van der Waals surface area contributed by atoms with Crippen molar-refractivity contribution in [2.75, 3.05) is 14.2 Å². The third-order valence-electron chi connectivity index (χ3n) is 5.03. The van der Waals surface area contributed by atoms with Gasteiger partial charge < -0.3 is 18.6 Å². The second-order valence-electron chi connectivity index (χ2n) is 6.90. The van der Waals surface area contributed by atoms with Gasteiger partial charge in [0, 0.05) is 5.39 Å². The number of carbonyl (C=O) groups excluding carboxylic acids is 1. The molecule has 0 saturated carbocycles. The molecule has 6 heteroatoms. The molecule has 4 rings (SSSR count). The summed E-state index contributed by atoms with van der Waals surface area (Å²) >= 11 is 0. The summed E-state index contributed by atoms with van der Waals surface area (Å²) in [6.45, 7) is 1.84. The van der Waals surface area contributed by atoms with Crippen molar-refractivity contribution >= 4 is 16.9 Å². The number of carbonyl (C=O) groups is 1. The lowest BCUT2D eigenvalue weighted by molar-refractivity contribution is 0.0734. The van der Waals surface area contributed by atoms with Crippen molar-refractivity contribution in [3.05, 3.63) is 88.3 Å². The van der Waals surface area contributed by atoms with E-state index < -0.39 is 11.6 Å². The lowest BCUT2D eigenvalue weighted by atomic mass is 9.99. The summed E-state index contributed by atoms with van der Waals surface area (Å²) in [6, 6.07) is 18.8. The van der Waals surface area contributed by atoms with Crippen LogP contribution in [0.25, 0.3) is 22.1 Å². The van der Waals surface area contributed by atoms with Crippen LogP contribution in [0.1, 0.15) is 15.9 Å². The zero-order chi connectivity index (χ0) is 22.0. The maximum atomic E-state index is 12.6. The number of rotatable bonds is 5. The molecule has 6 nitrogen and oxygen atoms in total. The minimum atomic E-state index is -0.510. The zero-order valence-corrected chi connectivity index (χ0v) is 17.3. The first kappa shape index (κ1) is 20.2. The average Bonchev–Trinajstić information content (AvgIpc) is 2.80. The standard InChI is InChI=1S/C25H20O6/c1-15-21-14-20(30-24(26)17-5-4-6-19(13-17)29-3)11-12-22(21)31-25(27)23(15)16-7-9-18(28-2)10-8-16/h4-14H,1-3H3. The third kappa shape index (κ3) is 4.00. The molecule has 0 amide bonds. The summed E-state index contributed by atoms with van der Waals surface area (Å²) in [4.78, 5) is 25.2. The number of fused-ring (bicyclic) bond motifs is 1. The summed E-state index contributed by atoms with van der Waals surface area (Å²) in [5.74, 6) is 1.09. The van der Waals surface area contributed by atoms with E-state index in [4.69, 9.17) is 18.6 Å². The number of esters is 1. The van der Waals surface area contributed by atoms with E-state index in [9.17, 15) is 9.59 Å². The molecule has 1 aromatic heterocycles. The van der Waals surface area contributed by atoms with E-state index in [0.717, 1.165) is 5.56 Å². The molecular formula is C25H20O6. The van der Waals surface area contributed by atoms with E-state index in [1.807, 2.05) is 6.92 Å². The number of aryl methyl sites for hydroxylation is 1. The van der Waals surface area contributed by atoms with Gasteiger partial charge in [-0.2, -0.15) is 0 Å². The Balaban J connectivity index is 1.72. The molecular weight excluding hydrogens is 396 g/mol. The van der Waals surface area contributed by atoms with Crippen LogP contribution in [-0.4, -0.2) is 20.2 Å². The third-order valence-corrected chi connectivity index (χ3v) is 5.03. The van der Waals surface area contributed by atoms with Crippen LogP contribution in [0.5, 0.6) is 17.2 Å². The van der Waals surface area contributed by atoms with Crippen LogP contribution in [0, 0.1) is 6.92 Å². The summed E-state index contributed by atoms with van der Waals surface area (Å²) in [7, 11) is 3.11. The highest BCUT2D eigenvalue weighted by Crippen LogP contribution is 2.30. The predicted octanol–water partition coefficient (Wildman–Crippen LogP) is 5.00. The molecule has 0 aliphatic carbocycles. The second kappa shape index (κ2) is 8.36. The molecule has 0 radical (unpaired) electrons. The first-order valence-electron chi connectivity index (χ1n) is 9.58. The van der Waals surface area contributed by atoms with Crippen molar-refractivity contribution in [2.45, 2.75) is 6.92 Å². The number of hydrogen-bond acceptors (Lipinski definition) is 6. The molecule has 1 heterocycles. The molecule has 31 heavy (non-hydrogen) atoms. The van der Waals surface area contributed by atoms with Gasteiger partial charge in [-0.25, -0.2) is 9.59 Å². The molecule has 0 aliphatic heterocycles. The molecule has 3 aromatic carbocycles. The van der Waals surface area contributed by atoms with Gasteiger partial charge in [0.05, 0.1) is 25.3 Å². The quantitative estimate of drug-likeness (QED) is 0.259. The van der Waals surface area contributed by atoms with E-state index in [-0.39, 0.29) is 0 Å². The minimum Gasteiger partial charge on any atom is -0.497 e. The van der Waals surface area contributed by atoms with Crippen molar-refractivity contribution in [1.29, 1.82) is 0 Å². The Morgan fingerprint density at radius 1 is 0.839 bits per heavy atom. The van der Waals surface area contributed by atoms with E-state index in [0.29, 0.717) is 44.9 Å². The Bertz CT molecular complexity index is 1320. The summed E-state index contributed by atoms with van der Waals surface area (Å²) in [5, 5.41) is 0.682. The SMILES string of the molecule is COc1ccc(-c2c(C)c3cc(OC(=O)c4cccc(OC)c4)ccc3oc2=O)cc1. The van der Waals surface area contributed by atoms with Crippen LogP contribution in [0.2, 0.25) is 0 Å². The van der Waals surface area contributed by atoms with Crippen LogP contribution < -0.4 is 19.8 Å². The number of ether oxygens (including phenoxy) is 3. The van der Waals surface area contributed by atoms with Crippen molar-refractivity contribution in [2.24, 2.45) is 0 Å². The smallest absolute Gasteiger partial charge is 0.344 e.